The van der Waals surface area contributed by atoms with Crippen molar-refractivity contribution in [3.05, 3.63) is 82.8 Å². The SMILES string of the molecule is O=c1n(Cc2ncc3cc(Cl)ccc3c2-c2cncnc2)c2cnccc2n1CC(F)(F)F. The molecule has 0 saturated carbocycles. The van der Waals surface area contributed by atoms with Gasteiger partial charge in [-0.3, -0.25) is 19.1 Å². The lowest BCUT2D eigenvalue weighted by atomic mass is 9.99. The van der Waals surface area contributed by atoms with E-state index in [1.165, 1.54) is 29.4 Å². The molecule has 7 nitrogen and oxygen atoms in total. The van der Waals surface area contributed by atoms with Crippen LogP contribution in [0.15, 0.2) is 66.4 Å². The van der Waals surface area contributed by atoms with E-state index in [1.807, 2.05) is 6.07 Å². The third kappa shape index (κ3) is 3.93. The van der Waals surface area contributed by atoms with Crippen LogP contribution in [0.25, 0.3) is 32.9 Å². The molecule has 0 aliphatic carbocycles. The van der Waals surface area contributed by atoms with Crippen LogP contribution in [-0.4, -0.2) is 35.2 Å². The minimum atomic E-state index is -4.56. The Bertz CT molecular complexity index is 1550. The van der Waals surface area contributed by atoms with E-state index in [0.717, 1.165) is 10.8 Å². The first-order valence-electron chi connectivity index (χ1n) is 9.74. The van der Waals surface area contributed by atoms with Gasteiger partial charge in [-0.15, -0.1) is 0 Å². The summed E-state index contributed by atoms with van der Waals surface area (Å²) in [6.45, 7) is -1.48. The summed E-state index contributed by atoms with van der Waals surface area (Å²) in [5.74, 6) is 0. The van der Waals surface area contributed by atoms with Crippen LogP contribution in [0.3, 0.4) is 0 Å². The van der Waals surface area contributed by atoms with E-state index in [9.17, 15) is 18.0 Å². The second kappa shape index (κ2) is 7.96. The lowest BCUT2D eigenvalue weighted by molar-refractivity contribution is -0.140. The first kappa shape index (κ1) is 21.1. The molecule has 0 amide bonds. The minimum Gasteiger partial charge on any atom is -0.284 e. The molecule has 0 fully saturated rings. The third-order valence-electron chi connectivity index (χ3n) is 5.25. The fourth-order valence-corrected chi connectivity index (χ4v) is 4.09. The zero-order valence-corrected chi connectivity index (χ0v) is 17.5. The Labute approximate surface area is 189 Å². The molecule has 0 saturated heterocycles. The van der Waals surface area contributed by atoms with Gasteiger partial charge >= 0.3 is 11.9 Å². The fraction of sp³-hybridized carbons (Fsp3) is 0.136. The number of aromatic nitrogens is 6. The van der Waals surface area contributed by atoms with E-state index >= 15 is 0 Å². The smallest absolute Gasteiger partial charge is 0.284 e. The Kier molecular flexibility index (Phi) is 5.09. The Morgan fingerprint density at radius 3 is 2.48 bits per heavy atom. The summed E-state index contributed by atoms with van der Waals surface area (Å²) in [6, 6.07) is 6.70. The maximum atomic E-state index is 13.2. The van der Waals surface area contributed by atoms with Crippen LogP contribution in [0, 0.1) is 0 Å². The Morgan fingerprint density at radius 2 is 1.73 bits per heavy atom. The standard InChI is InChI=1S/C22H14ClF3N6O/c23-15-1-2-16-13(5-15)8-30-17(20(16)14-6-28-12-29-7-14)10-31-19-9-27-4-3-18(19)32(21(31)33)11-22(24,25)26/h1-9,12H,10-11H2. The van der Waals surface area contributed by atoms with Crippen molar-refractivity contribution in [3.8, 4) is 11.1 Å². The van der Waals surface area contributed by atoms with Gasteiger partial charge in [0.2, 0.25) is 0 Å². The molecule has 0 spiro atoms. The van der Waals surface area contributed by atoms with E-state index in [1.54, 1.807) is 30.7 Å². The molecule has 0 atom stereocenters. The van der Waals surface area contributed by atoms with Gasteiger partial charge in [-0.05, 0) is 23.6 Å². The number of nitrogens with zero attached hydrogens (tertiary/aromatic N) is 6. The number of hydrogen-bond acceptors (Lipinski definition) is 5. The Hall–Kier alpha value is -3.79. The molecule has 11 heteroatoms. The van der Waals surface area contributed by atoms with Crippen LogP contribution in [0.2, 0.25) is 5.02 Å². The predicted octanol–water partition coefficient (Wildman–Crippen LogP) is 4.47. The highest BCUT2D eigenvalue weighted by Crippen LogP contribution is 2.32. The van der Waals surface area contributed by atoms with Gasteiger partial charge in [-0.25, -0.2) is 14.8 Å². The van der Waals surface area contributed by atoms with Gasteiger partial charge in [-0.1, -0.05) is 17.7 Å². The monoisotopic (exact) mass is 470 g/mol. The number of benzene rings is 1. The van der Waals surface area contributed by atoms with E-state index in [4.69, 9.17) is 11.6 Å². The number of imidazole rings is 1. The summed E-state index contributed by atoms with van der Waals surface area (Å²) in [5.41, 5.74) is 1.40. The summed E-state index contributed by atoms with van der Waals surface area (Å²) in [5, 5.41) is 2.09. The molecule has 4 aromatic heterocycles. The molecule has 33 heavy (non-hydrogen) atoms. The molecule has 0 bridgehead atoms. The summed E-state index contributed by atoms with van der Waals surface area (Å²) in [7, 11) is 0. The minimum absolute atomic E-state index is 0.0747. The van der Waals surface area contributed by atoms with Gasteiger partial charge < -0.3 is 0 Å². The highest BCUT2D eigenvalue weighted by atomic mass is 35.5. The molecule has 1 aromatic carbocycles. The van der Waals surface area contributed by atoms with Crippen molar-refractivity contribution in [1.82, 2.24) is 29.1 Å². The van der Waals surface area contributed by atoms with Crippen LogP contribution < -0.4 is 5.69 Å². The third-order valence-corrected chi connectivity index (χ3v) is 5.48. The van der Waals surface area contributed by atoms with Crippen molar-refractivity contribution < 1.29 is 13.2 Å². The van der Waals surface area contributed by atoms with Crippen LogP contribution in [0.4, 0.5) is 13.2 Å². The highest BCUT2D eigenvalue weighted by molar-refractivity contribution is 6.31. The number of halogens is 4. The quantitative estimate of drug-likeness (QED) is 0.387. The van der Waals surface area contributed by atoms with Gasteiger partial charge in [0, 0.05) is 46.3 Å². The molecule has 4 heterocycles. The molecular formula is C22H14ClF3N6O. The normalized spacial score (nSPS) is 12.0. The van der Waals surface area contributed by atoms with Crippen molar-refractivity contribution in [2.75, 3.05) is 0 Å². The van der Waals surface area contributed by atoms with Crippen molar-refractivity contribution in [1.29, 1.82) is 0 Å². The van der Waals surface area contributed by atoms with E-state index in [0.29, 0.717) is 26.4 Å². The number of alkyl halides is 3. The van der Waals surface area contributed by atoms with Gasteiger partial charge in [0.05, 0.1) is 29.5 Å². The number of pyridine rings is 2. The van der Waals surface area contributed by atoms with Gasteiger partial charge in [0.25, 0.3) is 0 Å². The molecule has 0 aliphatic heterocycles. The fourth-order valence-electron chi connectivity index (χ4n) is 3.91. The van der Waals surface area contributed by atoms with E-state index in [-0.39, 0.29) is 17.6 Å². The maximum Gasteiger partial charge on any atom is 0.406 e. The zero-order valence-electron chi connectivity index (χ0n) is 16.8. The average Bonchev–Trinajstić information content (AvgIpc) is 3.04. The zero-order chi connectivity index (χ0) is 23.2. The molecule has 5 aromatic rings. The van der Waals surface area contributed by atoms with Crippen molar-refractivity contribution in [2.24, 2.45) is 0 Å². The maximum absolute atomic E-state index is 13.2. The second-order valence-corrected chi connectivity index (χ2v) is 7.81. The molecule has 0 aliphatic rings. The topological polar surface area (TPSA) is 78.5 Å². The molecular weight excluding hydrogens is 457 g/mol. The molecule has 0 unspecified atom stereocenters. The highest BCUT2D eigenvalue weighted by Gasteiger charge is 2.31. The van der Waals surface area contributed by atoms with Crippen molar-refractivity contribution in [2.45, 2.75) is 19.3 Å². The second-order valence-electron chi connectivity index (χ2n) is 7.37. The summed E-state index contributed by atoms with van der Waals surface area (Å²) in [6.07, 6.45) is 4.39. The summed E-state index contributed by atoms with van der Waals surface area (Å²) < 4.78 is 41.4. The Morgan fingerprint density at radius 1 is 0.939 bits per heavy atom. The van der Waals surface area contributed by atoms with Crippen molar-refractivity contribution in [3.63, 3.8) is 0 Å². The number of rotatable bonds is 4. The molecule has 166 valence electrons. The lowest BCUT2D eigenvalue weighted by Crippen LogP contribution is -2.30. The first-order chi connectivity index (χ1) is 15.8. The van der Waals surface area contributed by atoms with Gasteiger partial charge in [-0.2, -0.15) is 13.2 Å². The predicted molar refractivity (Wildman–Crippen MR) is 117 cm³/mol. The van der Waals surface area contributed by atoms with Crippen LogP contribution in [0.1, 0.15) is 5.69 Å². The van der Waals surface area contributed by atoms with E-state index < -0.39 is 18.4 Å². The molecule has 0 N–H and O–H groups in total. The lowest BCUT2D eigenvalue weighted by Gasteiger charge is -2.13. The van der Waals surface area contributed by atoms with Crippen LogP contribution in [0.5, 0.6) is 0 Å². The van der Waals surface area contributed by atoms with Gasteiger partial charge in [0.15, 0.2) is 0 Å². The van der Waals surface area contributed by atoms with Gasteiger partial charge in [0.1, 0.15) is 12.9 Å². The summed E-state index contributed by atoms with van der Waals surface area (Å²) in [4.78, 5) is 29.7. The summed E-state index contributed by atoms with van der Waals surface area (Å²) >= 11 is 6.13. The van der Waals surface area contributed by atoms with Crippen molar-refractivity contribution >= 4 is 33.4 Å². The molecule has 5 rings (SSSR count). The number of fused-ring (bicyclic) bond motifs is 2. The molecule has 0 radical (unpaired) electrons. The number of hydrogen-bond donors (Lipinski definition) is 0. The average molecular weight is 471 g/mol. The van der Waals surface area contributed by atoms with Crippen LogP contribution in [-0.2, 0) is 13.1 Å². The van der Waals surface area contributed by atoms with Crippen LogP contribution >= 0.6 is 11.6 Å². The largest absolute Gasteiger partial charge is 0.406 e. The Balaban J connectivity index is 1.73. The van der Waals surface area contributed by atoms with E-state index in [2.05, 4.69) is 19.9 Å². The first-order valence-corrected chi connectivity index (χ1v) is 10.1.